The van der Waals surface area contributed by atoms with Crippen molar-refractivity contribution in [1.29, 1.82) is 0 Å². The topological polar surface area (TPSA) is 73.6 Å². The summed E-state index contributed by atoms with van der Waals surface area (Å²) < 4.78 is 5.44. The Labute approximate surface area is 130 Å². The van der Waals surface area contributed by atoms with Crippen molar-refractivity contribution in [1.82, 2.24) is 0 Å². The van der Waals surface area contributed by atoms with E-state index in [0.717, 1.165) is 11.1 Å². The summed E-state index contributed by atoms with van der Waals surface area (Å²) in [5.74, 6) is 0.653. The zero-order chi connectivity index (χ0) is 15.7. The monoisotopic (exact) mass is 305 g/mol. The molecule has 1 aromatic rings. The van der Waals surface area contributed by atoms with Crippen LogP contribution >= 0.6 is 11.6 Å². The highest BCUT2D eigenvalue weighted by Gasteiger charge is 2.07. The van der Waals surface area contributed by atoms with Gasteiger partial charge in [0.05, 0.1) is 12.8 Å². The zero-order valence-electron chi connectivity index (χ0n) is 12.2. The van der Waals surface area contributed by atoms with E-state index in [1.54, 1.807) is 7.11 Å². The van der Waals surface area contributed by atoms with Crippen molar-refractivity contribution in [3.8, 4) is 5.75 Å². The number of hydrogen-bond donors (Lipinski definition) is 2. The number of ether oxygens (including phenoxy) is 1. The van der Waals surface area contributed by atoms with Gasteiger partial charge in [0.2, 0.25) is 0 Å². The molecule has 0 amide bonds. The summed E-state index contributed by atoms with van der Waals surface area (Å²) in [6.07, 6.45) is 1.22. The number of nitrogens with two attached hydrogens (primary N) is 2. The van der Waals surface area contributed by atoms with Gasteiger partial charge in [0.25, 0.3) is 0 Å². The SMILES string of the molecule is COc1ccc(C)cccccc1C(CN)=N/C(Cl)=C\N. The zero-order valence-corrected chi connectivity index (χ0v) is 13.0. The number of aryl methyl sites for hydroxylation is 1. The van der Waals surface area contributed by atoms with Gasteiger partial charge in [0.15, 0.2) is 0 Å². The fraction of sp³-hybridized carbons (Fsp3) is 0.188. The van der Waals surface area contributed by atoms with Gasteiger partial charge in [0, 0.05) is 18.3 Å². The van der Waals surface area contributed by atoms with Crippen molar-refractivity contribution in [2.75, 3.05) is 13.7 Å². The van der Waals surface area contributed by atoms with Crippen LogP contribution in [0.3, 0.4) is 0 Å². The van der Waals surface area contributed by atoms with E-state index in [1.165, 1.54) is 6.20 Å². The molecule has 0 aliphatic heterocycles. The number of halogens is 1. The summed E-state index contributed by atoms with van der Waals surface area (Å²) in [4.78, 5) is 4.21. The Kier molecular flexibility index (Phi) is 7.29. The lowest BCUT2D eigenvalue weighted by Crippen LogP contribution is -2.16. The van der Waals surface area contributed by atoms with Gasteiger partial charge in [-0.1, -0.05) is 47.5 Å². The Morgan fingerprint density at radius 3 is 2.57 bits per heavy atom. The van der Waals surface area contributed by atoms with Gasteiger partial charge >= 0.3 is 0 Å². The van der Waals surface area contributed by atoms with Crippen molar-refractivity contribution >= 4 is 17.3 Å². The molecule has 0 aliphatic rings. The number of nitrogens with zero attached hydrogens (tertiary/aromatic N) is 1. The average molecular weight is 306 g/mol. The Morgan fingerprint density at radius 1 is 1.24 bits per heavy atom. The van der Waals surface area contributed by atoms with Gasteiger partial charge in [0.1, 0.15) is 10.9 Å². The Hall–Kier alpha value is -2.04. The van der Waals surface area contributed by atoms with Crippen molar-refractivity contribution in [2.24, 2.45) is 16.5 Å². The van der Waals surface area contributed by atoms with E-state index in [-0.39, 0.29) is 11.7 Å². The second kappa shape index (κ2) is 9.00. The third-order valence-corrected chi connectivity index (χ3v) is 2.92. The quantitative estimate of drug-likeness (QED) is 0.663. The van der Waals surface area contributed by atoms with Crippen molar-refractivity contribution < 1.29 is 4.74 Å². The third kappa shape index (κ3) is 5.45. The maximum absolute atomic E-state index is 5.87. The van der Waals surface area contributed by atoms with Gasteiger partial charge in [-0.05, 0) is 19.1 Å². The minimum Gasteiger partial charge on any atom is -0.496 e. The molecule has 0 aliphatic carbocycles. The molecule has 0 saturated heterocycles. The first-order valence-corrected chi connectivity index (χ1v) is 6.83. The molecule has 21 heavy (non-hydrogen) atoms. The highest BCUT2D eigenvalue weighted by Crippen LogP contribution is 2.18. The molecule has 4 nitrogen and oxygen atoms in total. The van der Waals surface area contributed by atoms with E-state index in [2.05, 4.69) is 4.99 Å². The Morgan fingerprint density at radius 2 is 1.95 bits per heavy atom. The molecule has 0 fully saturated rings. The maximum Gasteiger partial charge on any atom is 0.144 e. The first kappa shape index (κ1) is 17.0. The average Bonchev–Trinajstić information content (AvgIpc) is 2.50. The molecule has 0 unspecified atom stereocenters. The third-order valence-electron chi connectivity index (χ3n) is 2.71. The first-order valence-electron chi connectivity index (χ1n) is 6.45. The van der Waals surface area contributed by atoms with Crippen LogP contribution in [0.4, 0.5) is 0 Å². The predicted octanol–water partition coefficient (Wildman–Crippen LogP) is 2.87. The number of rotatable bonds is 4. The molecule has 0 saturated carbocycles. The molecule has 0 spiro atoms. The molecular formula is C16H20ClN3O. The van der Waals surface area contributed by atoms with E-state index >= 15 is 0 Å². The van der Waals surface area contributed by atoms with E-state index in [4.69, 9.17) is 27.8 Å². The van der Waals surface area contributed by atoms with Crippen LogP contribution in [0.25, 0.3) is 0 Å². The molecule has 4 N–H and O–H groups in total. The molecule has 0 heterocycles. The minimum atomic E-state index is 0.180. The van der Waals surface area contributed by atoms with E-state index in [0.29, 0.717) is 11.5 Å². The molecule has 0 aromatic heterocycles. The van der Waals surface area contributed by atoms with Gasteiger partial charge in [-0.3, -0.25) is 0 Å². The summed E-state index contributed by atoms with van der Waals surface area (Å²) >= 11 is 5.87. The largest absolute Gasteiger partial charge is 0.496 e. The highest BCUT2D eigenvalue weighted by molar-refractivity contribution is 6.30. The van der Waals surface area contributed by atoms with E-state index in [1.807, 2.05) is 49.4 Å². The molecule has 0 atom stereocenters. The first-order chi connectivity index (χ1) is 10.1. The van der Waals surface area contributed by atoms with Crippen LogP contribution in [-0.4, -0.2) is 19.4 Å². The lowest BCUT2D eigenvalue weighted by Gasteiger charge is -2.08. The summed E-state index contributed by atoms with van der Waals surface area (Å²) in [5, 5.41) is 0.180. The number of aliphatic imine (C=N–C) groups is 1. The van der Waals surface area contributed by atoms with Crippen molar-refractivity contribution in [2.45, 2.75) is 6.92 Å². The molecule has 112 valence electrons. The van der Waals surface area contributed by atoms with Gasteiger partial charge in [-0.25, -0.2) is 4.99 Å². The molecule has 1 aromatic carbocycles. The molecule has 0 radical (unpaired) electrons. The Bertz CT molecular complexity index is 596. The van der Waals surface area contributed by atoms with Crippen LogP contribution < -0.4 is 16.2 Å². The second-order valence-electron chi connectivity index (χ2n) is 4.22. The molecule has 5 heteroatoms. The molecule has 0 bridgehead atoms. The second-order valence-corrected chi connectivity index (χ2v) is 4.61. The number of hydrogen-bond acceptors (Lipinski definition) is 4. The van der Waals surface area contributed by atoms with Crippen LogP contribution in [0.2, 0.25) is 0 Å². The summed E-state index contributed by atoms with van der Waals surface area (Å²) in [6.45, 7) is 2.22. The van der Waals surface area contributed by atoms with Crippen LogP contribution in [-0.2, 0) is 0 Å². The van der Waals surface area contributed by atoms with Crippen molar-refractivity contribution in [3.63, 3.8) is 0 Å². The van der Waals surface area contributed by atoms with Crippen LogP contribution in [0.15, 0.2) is 58.8 Å². The van der Waals surface area contributed by atoms with Crippen molar-refractivity contribution in [3.05, 3.63) is 64.9 Å². The highest BCUT2D eigenvalue weighted by atomic mass is 35.5. The Balaban J connectivity index is 3.58. The molecular weight excluding hydrogens is 286 g/mol. The van der Waals surface area contributed by atoms with Crippen LogP contribution in [0, 0.1) is 6.92 Å². The van der Waals surface area contributed by atoms with Gasteiger partial charge < -0.3 is 16.2 Å². The van der Waals surface area contributed by atoms with E-state index < -0.39 is 0 Å². The van der Waals surface area contributed by atoms with Gasteiger partial charge in [-0.2, -0.15) is 0 Å². The number of methoxy groups -OCH3 is 1. The molecule has 1 rings (SSSR count). The standard InChI is InChI=1S/C16H20ClN3O/c1-12-6-4-3-5-7-13(15(21-2)9-8-12)14(10-18)20-16(17)11-19/h3-9,11H,10,18-19H2,1-2H3/b4-3?,5-3?,6-4?,7-5?,9-8?,12-6?,12-8?,13-7?,15-9?,15-13?,16-11-,20-14?. The van der Waals surface area contributed by atoms with Crippen LogP contribution in [0.1, 0.15) is 11.1 Å². The smallest absolute Gasteiger partial charge is 0.144 e. The fourth-order valence-electron chi connectivity index (χ4n) is 1.66. The lowest BCUT2D eigenvalue weighted by molar-refractivity contribution is 0.414. The summed E-state index contributed by atoms with van der Waals surface area (Å²) in [7, 11) is 1.60. The van der Waals surface area contributed by atoms with E-state index in [9.17, 15) is 0 Å². The van der Waals surface area contributed by atoms with Gasteiger partial charge in [-0.15, -0.1) is 0 Å². The summed E-state index contributed by atoms with van der Waals surface area (Å²) in [5.41, 5.74) is 13.6. The fourth-order valence-corrected chi connectivity index (χ4v) is 1.76. The summed E-state index contributed by atoms with van der Waals surface area (Å²) in [6, 6.07) is 13.5. The maximum atomic E-state index is 5.87. The minimum absolute atomic E-state index is 0.180. The predicted molar refractivity (Wildman–Crippen MR) is 89.1 cm³/mol. The normalized spacial score (nSPS) is 11.8. The lowest BCUT2D eigenvalue weighted by atomic mass is 10.1. The van der Waals surface area contributed by atoms with Crippen LogP contribution in [0.5, 0.6) is 5.75 Å².